The van der Waals surface area contributed by atoms with Gasteiger partial charge in [-0.3, -0.25) is 14.9 Å². The molecule has 2 aliphatic heterocycles. The third-order valence-electron chi connectivity index (χ3n) is 5.47. The van der Waals surface area contributed by atoms with Crippen LogP contribution in [0.25, 0.3) is 10.6 Å². The average molecular weight is 409 g/mol. The number of aromatic nitrogens is 1. The van der Waals surface area contributed by atoms with Gasteiger partial charge in [-0.05, 0) is 31.2 Å². The number of non-ortho nitro benzene ring substituents is 1. The molecule has 0 radical (unpaired) electrons. The Balaban J connectivity index is 0.00000210. The first-order valence-electron chi connectivity index (χ1n) is 8.77. The quantitative estimate of drug-likeness (QED) is 0.621. The minimum Gasteiger partial charge on any atom is -0.337 e. The Morgan fingerprint density at radius 3 is 2.74 bits per heavy atom. The minimum absolute atomic E-state index is 0. The molecular weight excluding hydrogens is 388 g/mol. The first-order valence-corrected chi connectivity index (χ1v) is 9.65. The maximum Gasteiger partial charge on any atom is 0.273 e. The number of amides is 1. The Morgan fingerprint density at radius 2 is 2.07 bits per heavy atom. The van der Waals surface area contributed by atoms with E-state index in [9.17, 15) is 14.9 Å². The molecule has 0 aliphatic carbocycles. The van der Waals surface area contributed by atoms with Gasteiger partial charge in [0, 0.05) is 42.7 Å². The van der Waals surface area contributed by atoms with E-state index >= 15 is 0 Å². The van der Waals surface area contributed by atoms with Crippen molar-refractivity contribution in [2.24, 2.45) is 5.41 Å². The van der Waals surface area contributed by atoms with Crippen LogP contribution >= 0.6 is 23.7 Å². The van der Waals surface area contributed by atoms with Gasteiger partial charge in [-0.25, -0.2) is 4.98 Å². The molecule has 1 amide bonds. The summed E-state index contributed by atoms with van der Waals surface area (Å²) < 4.78 is 0. The van der Waals surface area contributed by atoms with Crippen LogP contribution in [-0.4, -0.2) is 46.9 Å². The highest BCUT2D eigenvalue weighted by molar-refractivity contribution is 7.13. The van der Waals surface area contributed by atoms with Crippen LogP contribution in [0.1, 0.15) is 29.8 Å². The van der Waals surface area contributed by atoms with Gasteiger partial charge in [0.15, 0.2) is 0 Å². The zero-order valence-corrected chi connectivity index (χ0v) is 16.4. The molecule has 1 aromatic heterocycles. The lowest BCUT2D eigenvalue weighted by Crippen LogP contribution is -2.44. The molecule has 0 bridgehead atoms. The number of nitrogens with zero attached hydrogens (tertiary/aromatic N) is 3. The van der Waals surface area contributed by atoms with E-state index in [1.165, 1.54) is 29.9 Å². The van der Waals surface area contributed by atoms with Crippen molar-refractivity contribution in [2.45, 2.75) is 19.3 Å². The number of nitro benzene ring substituents is 1. The highest BCUT2D eigenvalue weighted by Gasteiger charge is 2.38. The van der Waals surface area contributed by atoms with Crippen LogP contribution in [0.5, 0.6) is 0 Å². The summed E-state index contributed by atoms with van der Waals surface area (Å²) in [6.07, 6.45) is 3.27. The maximum absolute atomic E-state index is 12.8. The standard InChI is InChI=1S/C18H20N4O3S.ClH/c23-17(21-8-5-18(6-9-21)4-7-19-12-18)15-11-26-16(20-15)13-2-1-3-14(10-13)22(24)25;/h1-3,10-11,19H,4-9,12H2;1H. The van der Waals surface area contributed by atoms with Crippen LogP contribution in [0.4, 0.5) is 5.69 Å². The number of carbonyl (C=O) groups excluding carboxylic acids is 1. The number of hydrogen-bond donors (Lipinski definition) is 1. The Labute approximate surface area is 167 Å². The molecule has 0 unspecified atom stereocenters. The Kier molecular flexibility index (Phi) is 5.78. The van der Waals surface area contributed by atoms with Gasteiger partial charge < -0.3 is 10.2 Å². The van der Waals surface area contributed by atoms with Gasteiger partial charge in [0.1, 0.15) is 10.7 Å². The molecule has 1 spiro atoms. The van der Waals surface area contributed by atoms with Gasteiger partial charge >= 0.3 is 0 Å². The molecule has 4 rings (SSSR count). The van der Waals surface area contributed by atoms with E-state index in [2.05, 4.69) is 10.3 Å². The summed E-state index contributed by atoms with van der Waals surface area (Å²) in [6, 6.07) is 6.35. The summed E-state index contributed by atoms with van der Waals surface area (Å²) in [7, 11) is 0. The summed E-state index contributed by atoms with van der Waals surface area (Å²) in [5, 5.41) is 16.7. The Hall–Kier alpha value is -2.03. The Morgan fingerprint density at radius 1 is 1.30 bits per heavy atom. The van der Waals surface area contributed by atoms with Crippen LogP contribution in [0.15, 0.2) is 29.6 Å². The van der Waals surface area contributed by atoms with Crippen molar-refractivity contribution in [1.82, 2.24) is 15.2 Å². The number of rotatable bonds is 3. The average Bonchev–Trinajstić information content (AvgIpc) is 3.32. The van der Waals surface area contributed by atoms with E-state index in [0.717, 1.165) is 39.0 Å². The second-order valence-corrected chi connectivity index (χ2v) is 7.92. The summed E-state index contributed by atoms with van der Waals surface area (Å²) in [4.78, 5) is 29.6. The minimum atomic E-state index is -0.426. The van der Waals surface area contributed by atoms with Crippen LogP contribution in [0.2, 0.25) is 0 Å². The zero-order valence-electron chi connectivity index (χ0n) is 14.7. The SMILES string of the molecule is Cl.O=C(c1csc(-c2cccc([N+](=O)[O-])c2)n1)N1CCC2(CCNC2)CC1. The lowest BCUT2D eigenvalue weighted by Gasteiger charge is -2.38. The topological polar surface area (TPSA) is 88.4 Å². The number of thiazole rings is 1. The van der Waals surface area contributed by atoms with E-state index < -0.39 is 4.92 Å². The number of hydrogen-bond acceptors (Lipinski definition) is 6. The lowest BCUT2D eigenvalue weighted by molar-refractivity contribution is -0.384. The van der Waals surface area contributed by atoms with Crippen molar-refractivity contribution in [3.05, 3.63) is 45.5 Å². The molecule has 0 saturated carbocycles. The predicted molar refractivity (Wildman–Crippen MR) is 107 cm³/mol. The second kappa shape index (κ2) is 7.92. The third-order valence-corrected chi connectivity index (χ3v) is 6.36. The molecule has 3 heterocycles. The highest BCUT2D eigenvalue weighted by Crippen LogP contribution is 2.37. The summed E-state index contributed by atoms with van der Waals surface area (Å²) in [5.41, 5.74) is 1.49. The third kappa shape index (κ3) is 3.97. The van der Waals surface area contributed by atoms with Gasteiger partial charge in [-0.2, -0.15) is 0 Å². The summed E-state index contributed by atoms with van der Waals surface area (Å²) in [5.74, 6) is -0.0428. The molecule has 0 atom stereocenters. The van der Waals surface area contributed by atoms with Crippen molar-refractivity contribution in [1.29, 1.82) is 0 Å². The van der Waals surface area contributed by atoms with Crippen molar-refractivity contribution >= 4 is 35.3 Å². The van der Waals surface area contributed by atoms with E-state index in [1.54, 1.807) is 17.5 Å². The molecule has 7 nitrogen and oxygen atoms in total. The van der Waals surface area contributed by atoms with Crippen LogP contribution < -0.4 is 5.32 Å². The van der Waals surface area contributed by atoms with Crippen LogP contribution in [0, 0.1) is 15.5 Å². The van der Waals surface area contributed by atoms with Gasteiger partial charge in [-0.1, -0.05) is 12.1 Å². The van der Waals surface area contributed by atoms with Crippen molar-refractivity contribution in [3.8, 4) is 10.6 Å². The highest BCUT2D eigenvalue weighted by atomic mass is 35.5. The number of nitro groups is 1. The molecule has 2 aliphatic rings. The number of halogens is 1. The second-order valence-electron chi connectivity index (χ2n) is 7.06. The molecule has 2 aromatic rings. The molecule has 1 N–H and O–H groups in total. The maximum atomic E-state index is 12.8. The number of likely N-dealkylation sites (tertiary alicyclic amines) is 1. The van der Waals surface area contributed by atoms with E-state index in [-0.39, 0.29) is 24.0 Å². The molecule has 2 fully saturated rings. The fraction of sp³-hybridized carbons (Fsp3) is 0.444. The van der Waals surface area contributed by atoms with Gasteiger partial charge in [0.2, 0.25) is 0 Å². The summed E-state index contributed by atoms with van der Waals surface area (Å²) >= 11 is 1.34. The molecular formula is C18H21ClN4O3S. The van der Waals surface area contributed by atoms with Gasteiger partial charge in [0.25, 0.3) is 11.6 Å². The predicted octanol–water partition coefficient (Wildman–Crippen LogP) is 3.36. The number of nitrogens with one attached hydrogen (secondary N) is 1. The van der Waals surface area contributed by atoms with Crippen molar-refractivity contribution in [2.75, 3.05) is 26.2 Å². The monoisotopic (exact) mass is 408 g/mol. The Bertz CT molecular complexity index is 841. The smallest absolute Gasteiger partial charge is 0.273 e. The molecule has 9 heteroatoms. The molecule has 144 valence electrons. The zero-order chi connectivity index (χ0) is 18.1. The number of carbonyl (C=O) groups is 1. The lowest BCUT2D eigenvalue weighted by atomic mass is 9.78. The van der Waals surface area contributed by atoms with Crippen molar-refractivity contribution < 1.29 is 9.72 Å². The number of piperidine rings is 1. The molecule has 27 heavy (non-hydrogen) atoms. The normalized spacial score (nSPS) is 18.3. The van der Waals surface area contributed by atoms with Gasteiger partial charge in [-0.15, -0.1) is 23.7 Å². The number of benzene rings is 1. The van der Waals surface area contributed by atoms with E-state index in [0.29, 0.717) is 21.7 Å². The van der Waals surface area contributed by atoms with E-state index in [4.69, 9.17) is 0 Å². The fourth-order valence-corrected chi connectivity index (χ4v) is 4.62. The van der Waals surface area contributed by atoms with Crippen molar-refractivity contribution in [3.63, 3.8) is 0 Å². The first kappa shape index (κ1) is 19.7. The first-order chi connectivity index (χ1) is 12.6. The van der Waals surface area contributed by atoms with Gasteiger partial charge in [0.05, 0.1) is 4.92 Å². The molecule has 2 saturated heterocycles. The van der Waals surface area contributed by atoms with Crippen LogP contribution in [0.3, 0.4) is 0 Å². The largest absolute Gasteiger partial charge is 0.337 e. The van der Waals surface area contributed by atoms with E-state index in [1.807, 2.05) is 4.90 Å². The van der Waals surface area contributed by atoms with Crippen LogP contribution in [-0.2, 0) is 0 Å². The molecule has 1 aromatic carbocycles. The fourth-order valence-electron chi connectivity index (χ4n) is 3.83. The summed E-state index contributed by atoms with van der Waals surface area (Å²) in [6.45, 7) is 3.67.